The molecular weight excluding hydrogens is 616 g/mol. The van der Waals surface area contributed by atoms with Crippen LogP contribution in [0.25, 0.3) is 0 Å². The summed E-state index contributed by atoms with van der Waals surface area (Å²) in [5, 5.41) is 36.0. The van der Waals surface area contributed by atoms with Crippen molar-refractivity contribution in [3.63, 3.8) is 0 Å². The Kier molecular flexibility index (Phi) is 6.70. The lowest BCUT2D eigenvalue weighted by atomic mass is 9.40. The van der Waals surface area contributed by atoms with E-state index in [1.165, 1.54) is 20.8 Å². The molecule has 17 atom stereocenters. The molecule has 0 bridgehead atoms. The minimum absolute atomic E-state index is 0.0669. The van der Waals surface area contributed by atoms with Gasteiger partial charge in [0.25, 0.3) is 0 Å². The van der Waals surface area contributed by atoms with Gasteiger partial charge in [-0.15, -0.1) is 0 Å². The van der Waals surface area contributed by atoms with Gasteiger partial charge in [0.05, 0.1) is 17.6 Å². The Bertz CT molecular complexity index is 1520. The SMILES string of the molecule is CC(=O)OC1C[C@H]2[C@H]([C@@H]3[C@@H](OC(C)=O)[C@H]4[C@H]([C@H](C)C=C5OC(=O)[C@@](C)(O)[C@@]54C)[C@@]13C)[C@@H](OC(C)=O)C(=O)C1(O)C[C@@H]3O[C@@H]3C(O)[C@]21C. The molecule has 2 saturated heterocycles. The van der Waals surface area contributed by atoms with Crippen LogP contribution in [0.5, 0.6) is 0 Å². The van der Waals surface area contributed by atoms with Gasteiger partial charge < -0.3 is 39.0 Å². The van der Waals surface area contributed by atoms with Gasteiger partial charge in [-0.2, -0.15) is 0 Å². The molecule has 13 heteroatoms. The Morgan fingerprint density at radius 1 is 0.915 bits per heavy atom. The molecular formula is C34H44O13. The molecule has 13 nitrogen and oxygen atoms in total. The minimum atomic E-state index is -2.16. The number of aliphatic hydroxyl groups is 3. The highest BCUT2D eigenvalue weighted by Crippen LogP contribution is 2.76. The van der Waals surface area contributed by atoms with Gasteiger partial charge in [0.15, 0.2) is 11.7 Å². The molecule has 0 aromatic rings. The largest absolute Gasteiger partial charge is 0.462 e. The summed E-state index contributed by atoms with van der Waals surface area (Å²) in [6.07, 6.45) is -4.29. The first-order valence-electron chi connectivity index (χ1n) is 16.5. The number of Topliss-reactive ketones (excluding diaryl/α,β-unsaturated/α-hetero) is 1. The summed E-state index contributed by atoms with van der Waals surface area (Å²) in [6, 6.07) is 0. The summed E-state index contributed by atoms with van der Waals surface area (Å²) in [5.41, 5.74) is -8.29. The van der Waals surface area contributed by atoms with Crippen LogP contribution in [0.1, 0.15) is 68.2 Å². The monoisotopic (exact) mass is 660 g/mol. The molecule has 7 rings (SSSR count). The fourth-order valence-corrected chi connectivity index (χ4v) is 11.8. The van der Waals surface area contributed by atoms with Crippen molar-refractivity contribution in [2.45, 2.75) is 116 Å². The van der Waals surface area contributed by atoms with Gasteiger partial charge in [0.1, 0.15) is 29.7 Å². The minimum Gasteiger partial charge on any atom is -0.462 e. The Labute approximate surface area is 272 Å². The van der Waals surface area contributed by atoms with E-state index in [2.05, 4.69) is 0 Å². The number of aliphatic hydroxyl groups excluding tert-OH is 1. The number of rotatable bonds is 3. The molecule has 0 aromatic heterocycles. The molecule has 0 amide bonds. The van der Waals surface area contributed by atoms with E-state index in [1.54, 1.807) is 19.9 Å². The van der Waals surface area contributed by atoms with Crippen molar-refractivity contribution in [2.75, 3.05) is 0 Å². The van der Waals surface area contributed by atoms with Crippen LogP contribution in [0.3, 0.4) is 0 Å². The van der Waals surface area contributed by atoms with Gasteiger partial charge in [0.2, 0.25) is 5.78 Å². The van der Waals surface area contributed by atoms with Crippen molar-refractivity contribution in [1.82, 2.24) is 0 Å². The lowest BCUT2D eigenvalue weighted by molar-refractivity contribution is -0.267. The molecule has 5 aliphatic carbocycles. The van der Waals surface area contributed by atoms with Gasteiger partial charge in [-0.3, -0.25) is 19.2 Å². The summed E-state index contributed by atoms with van der Waals surface area (Å²) in [5.74, 6) is -7.76. The van der Waals surface area contributed by atoms with Gasteiger partial charge in [-0.05, 0) is 44.1 Å². The molecule has 3 unspecified atom stereocenters. The predicted molar refractivity (Wildman–Crippen MR) is 156 cm³/mol. The molecule has 2 aliphatic heterocycles. The van der Waals surface area contributed by atoms with Crippen LogP contribution in [0, 0.1) is 51.8 Å². The Balaban J connectivity index is 1.51. The zero-order valence-electron chi connectivity index (χ0n) is 27.8. The van der Waals surface area contributed by atoms with E-state index in [4.69, 9.17) is 23.7 Å². The molecule has 0 radical (unpaired) electrons. The number of esters is 4. The molecule has 0 spiro atoms. The number of hydrogen-bond donors (Lipinski definition) is 3. The van der Waals surface area contributed by atoms with Crippen molar-refractivity contribution in [2.24, 2.45) is 51.8 Å². The highest BCUT2D eigenvalue weighted by Gasteiger charge is 2.83. The summed E-state index contributed by atoms with van der Waals surface area (Å²) in [7, 11) is 0. The number of carbonyl (C=O) groups excluding carboxylic acids is 5. The number of ketones is 1. The normalized spacial score (nSPS) is 55.1. The lowest BCUT2D eigenvalue weighted by Crippen LogP contribution is -2.77. The standard InChI is InChI=1S/C34H44O13/c1-12-9-19-32(7,33(8,41)29(40)47-19)23-21(12)30(5)18(43-13(2)35)10-16-20(22(30)26(23)45-15(4)37)25(44-14(3)36)28(39)34(42)11-17-24(46-17)27(38)31(16,34)6/h9,12,16-18,20-27,38,41-42H,10-11H2,1-8H3/t12-,16+,17+,18?,20-,21+,22-,23-,24+,25-,26-,27?,30-,31+,32+,33-,34?/m1/s1. The third-order valence-corrected chi connectivity index (χ3v) is 14.0. The van der Waals surface area contributed by atoms with Crippen LogP contribution in [0.4, 0.5) is 0 Å². The smallest absolute Gasteiger partial charge is 0.343 e. The van der Waals surface area contributed by atoms with Crippen LogP contribution >= 0.6 is 0 Å². The topological polar surface area (TPSA) is 195 Å². The van der Waals surface area contributed by atoms with E-state index in [1.807, 2.05) is 13.8 Å². The maximum absolute atomic E-state index is 14.6. The zero-order chi connectivity index (χ0) is 34.5. The van der Waals surface area contributed by atoms with E-state index in [9.17, 15) is 39.3 Å². The van der Waals surface area contributed by atoms with Crippen LogP contribution in [0.2, 0.25) is 0 Å². The molecule has 7 aliphatic rings. The van der Waals surface area contributed by atoms with Crippen molar-refractivity contribution in [1.29, 1.82) is 0 Å². The lowest BCUT2D eigenvalue weighted by Gasteiger charge is -2.65. The van der Waals surface area contributed by atoms with Gasteiger partial charge in [-0.25, -0.2) is 4.79 Å². The second kappa shape index (κ2) is 9.64. The number of epoxide rings is 1. The molecule has 6 fully saturated rings. The summed E-state index contributed by atoms with van der Waals surface area (Å²) in [4.78, 5) is 66.4. The molecule has 2 heterocycles. The molecule has 258 valence electrons. The predicted octanol–water partition coefficient (Wildman–Crippen LogP) is 0.986. The van der Waals surface area contributed by atoms with Crippen LogP contribution in [-0.4, -0.2) is 92.8 Å². The Morgan fingerprint density at radius 3 is 2.13 bits per heavy atom. The number of carbonyl (C=O) groups is 5. The fraction of sp³-hybridized carbons (Fsp3) is 0.794. The summed E-state index contributed by atoms with van der Waals surface area (Å²) in [6.45, 7) is 12.2. The fourth-order valence-electron chi connectivity index (χ4n) is 11.8. The van der Waals surface area contributed by atoms with Crippen LogP contribution in [-0.2, 0) is 47.7 Å². The average molecular weight is 661 g/mol. The van der Waals surface area contributed by atoms with Crippen molar-refractivity contribution >= 4 is 29.7 Å². The van der Waals surface area contributed by atoms with Crippen molar-refractivity contribution < 1.29 is 63.0 Å². The zero-order valence-corrected chi connectivity index (χ0v) is 27.8. The number of hydrogen-bond acceptors (Lipinski definition) is 13. The van der Waals surface area contributed by atoms with Gasteiger partial charge in [-0.1, -0.05) is 20.8 Å². The van der Waals surface area contributed by atoms with Crippen molar-refractivity contribution in [3.8, 4) is 0 Å². The molecule has 3 N–H and O–H groups in total. The summed E-state index contributed by atoms with van der Waals surface area (Å²) >= 11 is 0. The van der Waals surface area contributed by atoms with E-state index < -0.39 is 123 Å². The number of allylic oxidation sites excluding steroid dienone is 1. The van der Waals surface area contributed by atoms with Gasteiger partial charge >= 0.3 is 23.9 Å². The molecule has 47 heavy (non-hydrogen) atoms. The Morgan fingerprint density at radius 2 is 1.53 bits per heavy atom. The number of fused-ring (bicyclic) bond motifs is 10. The second-order valence-corrected chi connectivity index (χ2v) is 15.9. The first-order chi connectivity index (χ1) is 21.7. The van der Waals surface area contributed by atoms with E-state index in [0.717, 1.165) is 6.92 Å². The first-order valence-corrected chi connectivity index (χ1v) is 16.5. The molecule has 0 aromatic carbocycles. The van der Waals surface area contributed by atoms with E-state index in [-0.39, 0.29) is 24.5 Å². The molecule has 4 saturated carbocycles. The van der Waals surface area contributed by atoms with Crippen LogP contribution in [0.15, 0.2) is 11.8 Å². The third-order valence-electron chi connectivity index (χ3n) is 14.0. The average Bonchev–Trinajstić information content (AvgIpc) is 3.63. The maximum Gasteiger partial charge on any atom is 0.343 e. The van der Waals surface area contributed by atoms with Crippen molar-refractivity contribution in [3.05, 3.63) is 11.8 Å². The summed E-state index contributed by atoms with van der Waals surface area (Å²) < 4.78 is 29.6. The third kappa shape index (κ3) is 3.72. The Hall–Kier alpha value is -2.87. The van der Waals surface area contributed by atoms with E-state index in [0.29, 0.717) is 0 Å². The van der Waals surface area contributed by atoms with Crippen LogP contribution < -0.4 is 0 Å². The van der Waals surface area contributed by atoms with Gasteiger partial charge in [0, 0.05) is 55.8 Å². The number of ether oxygens (including phenoxy) is 5. The first kappa shape index (κ1) is 32.7. The highest BCUT2D eigenvalue weighted by molar-refractivity contribution is 5.95. The van der Waals surface area contributed by atoms with E-state index >= 15 is 0 Å². The maximum atomic E-state index is 14.6. The highest BCUT2D eigenvalue weighted by atomic mass is 16.6. The quantitative estimate of drug-likeness (QED) is 0.220. The second-order valence-electron chi connectivity index (χ2n) is 15.9.